The Bertz CT molecular complexity index is 670. The van der Waals surface area contributed by atoms with E-state index in [1.165, 1.54) is 180 Å². The van der Waals surface area contributed by atoms with Crippen LogP contribution in [0.15, 0.2) is 0 Å². The molecule has 336 valence electrons. The molecule has 58 heavy (non-hydrogen) atoms. The molecule has 0 N–H and O–H groups in total. The van der Waals surface area contributed by atoms with Crippen LogP contribution in [-0.2, 0) is 58.1 Å². The zero-order chi connectivity index (χ0) is 42.6. The molecule has 0 rings (SSSR count). The van der Waals surface area contributed by atoms with Crippen molar-refractivity contribution in [3.05, 3.63) is 0 Å². The van der Waals surface area contributed by atoms with Gasteiger partial charge in [0.25, 0.3) is 0 Å². The standard InChI is InChI=1S/4C12H24O2.2Zn/c4*1-2-3-4-5-6-7-8-9-10-11-12(13)14;;/h4*2-11H2,1H3,(H,13,14);;/q;;;;2*+2/p-4. The second-order valence-electron chi connectivity index (χ2n) is 15.8. The van der Waals surface area contributed by atoms with Crippen LogP contribution in [0.2, 0.25) is 0 Å². The minimum atomic E-state index is -0.909. The molecular weight excluding hydrogens is 835 g/mol. The van der Waals surface area contributed by atoms with Gasteiger partial charge in [-0.25, -0.2) is 0 Å². The molecule has 0 amide bonds. The molecular formula is C48H92O8Zn2. The molecule has 0 radical (unpaired) electrons. The summed E-state index contributed by atoms with van der Waals surface area (Å²) in [4.78, 5) is 40.4. The van der Waals surface area contributed by atoms with E-state index in [4.69, 9.17) is 0 Å². The van der Waals surface area contributed by atoms with Crippen LogP contribution in [0.4, 0.5) is 0 Å². The summed E-state index contributed by atoms with van der Waals surface area (Å²) in [6, 6.07) is 0. The van der Waals surface area contributed by atoms with E-state index in [1.54, 1.807) is 0 Å². The Morgan fingerprint density at radius 2 is 0.328 bits per heavy atom. The fourth-order valence-electron chi connectivity index (χ4n) is 6.32. The topological polar surface area (TPSA) is 161 Å². The Kier molecular flexibility index (Phi) is 77.5. The Morgan fingerprint density at radius 3 is 0.431 bits per heavy atom. The third kappa shape index (κ3) is 86.8. The maximum absolute atomic E-state index is 10.1. The van der Waals surface area contributed by atoms with Crippen LogP contribution >= 0.6 is 0 Å². The van der Waals surface area contributed by atoms with Crippen molar-refractivity contribution in [3.8, 4) is 0 Å². The number of hydrogen-bond donors (Lipinski definition) is 0. The van der Waals surface area contributed by atoms with Gasteiger partial charge in [-0.1, -0.05) is 233 Å². The second kappa shape index (κ2) is 65.3. The molecule has 0 spiro atoms. The molecule has 0 aliphatic rings. The summed E-state index contributed by atoms with van der Waals surface area (Å²) in [6.45, 7) is 8.89. The van der Waals surface area contributed by atoms with Gasteiger partial charge in [0, 0.05) is 23.9 Å². The first-order valence-corrected chi connectivity index (χ1v) is 23.9. The molecule has 10 heteroatoms. The van der Waals surface area contributed by atoms with E-state index >= 15 is 0 Å². The Morgan fingerprint density at radius 1 is 0.224 bits per heavy atom. The molecule has 0 atom stereocenters. The fourth-order valence-corrected chi connectivity index (χ4v) is 6.32. The second-order valence-corrected chi connectivity index (χ2v) is 15.8. The van der Waals surface area contributed by atoms with Gasteiger partial charge < -0.3 is 39.6 Å². The quantitative estimate of drug-likeness (QED) is 0.0433. The maximum Gasteiger partial charge on any atom is 2.00 e. The number of carboxylic acids is 4. The number of carbonyl (C=O) groups excluding carboxylic acids is 4. The predicted molar refractivity (Wildman–Crippen MR) is 227 cm³/mol. The first-order chi connectivity index (χ1) is 27.1. The smallest absolute Gasteiger partial charge is 0.550 e. The van der Waals surface area contributed by atoms with E-state index in [0.717, 1.165) is 51.4 Å². The monoisotopic (exact) mass is 925 g/mol. The van der Waals surface area contributed by atoms with Crippen molar-refractivity contribution < 1.29 is 78.6 Å². The zero-order valence-corrected chi connectivity index (χ0v) is 44.9. The zero-order valence-electron chi connectivity index (χ0n) is 39.0. The number of carbonyl (C=O) groups is 4. The van der Waals surface area contributed by atoms with Crippen molar-refractivity contribution in [2.75, 3.05) is 0 Å². The number of aliphatic carboxylic acids is 4. The van der Waals surface area contributed by atoms with Crippen molar-refractivity contribution in [2.45, 2.75) is 285 Å². The van der Waals surface area contributed by atoms with Crippen LogP contribution < -0.4 is 20.4 Å². The molecule has 0 unspecified atom stereocenters. The van der Waals surface area contributed by atoms with E-state index in [0.29, 0.717) is 0 Å². The van der Waals surface area contributed by atoms with Crippen molar-refractivity contribution >= 4 is 23.9 Å². The van der Waals surface area contributed by atoms with Crippen LogP contribution in [0.3, 0.4) is 0 Å². The molecule has 0 fully saturated rings. The molecule has 0 aliphatic carbocycles. The van der Waals surface area contributed by atoms with Crippen LogP contribution in [0.1, 0.15) is 285 Å². The average molecular weight is 928 g/mol. The van der Waals surface area contributed by atoms with Gasteiger partial charge in [0.1, 0.15) is 0 Å². The van der Waals surface area contributed by atoms with Crippen LogP contribution in [0.25, 0.3) is 0 Å². The molecule has 0 aromatic carbocycles. The van der Waals surface area contributed by atoms with Crippen molar-refractivity contribution in [3.63, 3.8) is 0 Å². The molecule has 0 aromatic rings. The number of carboxylic acid groups (broad SMARTS) is 4. The Balaban J connectivity index is -0.000000154. The normalized spacial score (nSPS) is 10.0. The third-order valence-electron chi connectivity index (χ3n) is 9.94. The fraction of sp³-hybridized carbons (Fsp3) is 0.917. The average Bonchev–Trinajstić information content (AvgIpc) is 3.15. The van der Waals surface area contributed by atoms with Gasteiger partial charge in [-0.05, 0) is 51.4 Å². The van der Waals surface area contributed by atoms with Gasteiger partial charge in [0.15, 0.2) is 0 Å². The van der Waals surface area contributed by atoms with E-state index in [-0.39, 0.29) is 64.6 Å². The van der Waals surface area contributed by atoms with Crippen LogP contribution in [-0.4, -0.2) is 23.9 Å². The van der Waals surface area contributed by atoms with Crippen molar-refractivity contribution in [1.29, 1.82) is 0 Å². The maximum atomic E-state index is 10.1. The van der Waals surface area contributed by atoms with Crippen LogP contribution in [0.5, 0.6) is 0 Å². The Labute approximate surface area is 384 Å². The summed E-state index contributed by atoms with van der Waals surface area (Å²) in [5.41, 5.74) is 0. The van der Waals surface area contributed by atoms with E-state index in [9.17, 15) is 39.6 Å². The molecule has 0 aromatic heterocycles. The molecule has 0 saturated heterocycles. The van der Waals surface area contributed by atoms with Gasteiger partial charge in [-0.15, -0.1) is 0 Å². The third-order valence-corrected chi connectivity index (χ3v) is 9.94. The van der Waals surface area contributed by atoms with E-state index < -0.39 is 23.9 Å². The molecule has 0 saturated carbocycles. The molecule has 0 heterocycles. The van der Waals surface area contributed by atoms with Crippen molar-refractivity contribution in [1.82, 2.24) is 0 Å². The SMILES string of the molecule is CCCCCCCCCCCC(=O)[O-].CCCCCCCCCCCC(=O)[O-].CCCCCCCCCCCC(=O)[O-].CCCCCCCCCCCC(=O)[O-].[Zn+2].[Zn+2]. The number of hydrogen-bond acceptors (Lipinski definition) is 8. The molecule has 8 nitrogen and oxygen atoms in total. The first-order valence-electron chi connectivity index (χ1n) is 23.9. The van der Waals surface area contributed by atoms with Gasteiger partial charge in [0.05, 0.1) is 0 Å². The number of unbranched alkanes of at least 4 members (excludes halogenated alkanes) is 32. The number of rotatable bonds is 40. The summed E-state index contributed by atoms with van der Waals surface area (Å²) in [7, 11) is 0. The summed E-state index contributed by atoms with van der Waals surface area (Å²) in [5.74, 6) is -3.64. The summed E-state index contributed by atoms with van der Waals surface area (Å²) < 4.78 is 0. The van der Waals surface area contributed by atoms with E-state index in [1.807, 2.05) is 0 Å². The summed E-state index contributed by atoms with van der Waals surface area (Å²) >= 11 is 0. The van der Waals surface area contributed by atoms with Crippen molar-refractivity contribution in [2.24, 2.45) is 0 Å². The van der Waals surface area contributed by atoms with Gasteiger partial charge in [-0.2, -0.15) is 0 Å². The molecule has 0 bridgehead atoms. The predicted octanol–water partition coefficient (Wildman–Crippen LogP) is 10.6. The van der Waals surface area contributed by atoms with Crippen LogP contribution in [0, 0.1) is 0 Å². The van der Waals surface area contributed by atoms with Gasteiger partial charge >= 0.3 is 39.0 Å². The molecule has 0 aliphatic heterocycles. The summed E-state index contributed by atoms with van der Waals surface area (Å²) in [5, 5.41) is 40.4. The largest absolute Gasteiger partial charge is 2.00 e. The van der Waals surface area contributed by atoms with Gasteiger partial charge in [0.2, 0.25) is 0 Å². The minimum absolute atomic E-state index is 0. The summed E-state index contributed by atoms with van der Waals surface area (Å²) in [6.07, 6.45) is 44.7. The Hall–Kier alpha value is -0.873. The van der Waals surface area contributed by atoms with Gasteiger partial charge in [-0.3, -0.25) is 0 Å². The minimum Gasteiger partial charge on any atom is -0.550 e. The van der Waals surface area contributed by atoms with E-state index in [2.05, 4.69) is 27.7 Å². The first kappa shape index (κ1) is 68.8.